The van der Waals surface area contributed by atoms with E-state index in [2.05, 4.69) is 181 Å². The number of hydrogen-bond donors (Lipinski definition) is 0. The Balaban J connectivity index is 1.29. The first-order valence-electron chi connectivity index (χ1n) is 18.3. The molecule has 2 aromatic heterocycles. The minimum atomic E-state index is -0.132. The van der Waals surface area contributed by atoms with Crippen LogP contribution in [0.4, 0.5) is 0 Å². The number of rotatable bonds is 4. The first-order chi connectivity index (χ1) is 25.1. The Morgan fingerprint density at radius 2 is 1.04 bits per heavy atom. The molecule has 52 heavy (non-hydrogen) atoms. The van der Waals surface area contributed by atoms with Crippen LogP contribution < -0.4 is 0 Å². The molecule has 9 rings (SSSR count). The third-order valence-electron chi connectivity index (χ3n) is 10.5. The van der Waals surface area contributed by atoms with Crippen molar-refractivity contribution in [1.29, 1.82) is 0 Å². The standard InChI is InChI=1S/C50H42O2/c1-49(2,3)42-23-12-10-18-35(42)37-21-15-25-44-46(37)39-27-26-32(30-45(39)51-44)33-28-40-36-19-11-13-24-43(36)52-48(40)41(29-33)38-22-14-20-34(47(38)50(4,5)6)31-16-8-7-9-17-31/h7-30H,1-6H3. The van der Waals surface area contributed by atoms with E-state index in [0.29, 0.717) is 0 Å². The van der Waals surface area contributed by atoms with E-state index in [9.17, 15) is 0 Å². The highest BCUT2D eigenvalue weighted by Crippen LogP contribution is 2.47. The van der Waals surface area contributed by atoms with Crippen molar-refractivity contribution in [3.8, 4) is 44.5 Å². The van der Waals surface area contributed by atoms with Gasteiger partial charge in [-0.2, -0.15) is 0 Å². The van der Waals surface area contributed by atoms with Gasteiger partial charge in [-0.15, -0.1) is 0 Å². The Hall–Kier alpha value is -5.86. The van der Waals surface area contributed by atoms with Crippen LogP contribution >= 0.6 is 0 Å². The van der Waals surface area contributed by atoms with Crippen molar-refractivity contribution < 1.29 is 8.83 Å². The van der Waals surface area contributed by atoms with E-state index in [1.807, 2.05) is 6.07 Å². The van der Waals surface area contributed by atoms with Crippen molar-refractivity contribution in [1.82, 2.24) is 0 Å². The van der Waals surface area contributed by atoms with Crippen molar-refractivity contribution in [2.75, 3.05) is 0 Å². The molecular weight excluding hydrogens is 633 g/mol. The van der Waals surface area contributed by atoms with Gasteiger partial charge in [0, 0.05) is 27.1 Å². The number of fused-ring (bicyclic) bond motifs is 6. The zero-order chi connectivity index (χ0) is 35.8. The maximum absolute atomic E-state index is 6.72. The van der Waals surface area contributed by atoms with E-state index in [0.717, 1.165) is 60.6 Å². The summed E-state index contributed by atoms with van der Waals surface area (Å²) in [4.78, 5) is 0. The van der Waals surface area contributed by atoms with Crippen LogP contribution in [-0.4, -0.2) is 0 Å². The molecule has 0 spiro atoms. The quantitative estimate of drug-likeness (QED) is 0.186. The minimum Gasteiger partial charge on any atom is -0.456 e. The summed E-state index contributed by atoms with van der Waals surface area (Å²) in [5.41, 5.74) is 15.5. The lowest BCUT2D eigenvalue weighted by Crippen LogP contribution is -2.14. The second kappa shape index (κ2) is 11.9. The van der Waals surface area contributed by atoms with Gasteiger partial charge in [0.15, 0.2) is 0 Å². The smallest absolute Gasteiger partial charge is 0.143 e. The second-order valence-electron chi connectivity index (χ2n) is 16.1. The summed E-state index contributed by atoms with van der Waals surface area (Å²) < 4.78 is 13.4. The molecule has 0 bridgehead atoms. The second-order valence-corrected chi connectivity index (χ2v) is 16.1. The molecule has 2 heterocycles. The Labute approximate surface area is 305 Å². The fourth-order valence-electron chi connectivity index (χ4n) is 8.24. The average molecular weight is 675 g/mol. The summed E-state index contributed by atoms with van der Waals surface area (Å²) in [5, 5.41) is 4.51. The van der Waals surface area contributed by atoms with Crippen molar-refractivity contribution in [2.24, 2.45) is 0 Å². The fraction of sp³-hybridized carbons (Fsp3) is 0.160. The van der Waals surface area contributed by atoms with Gasteiger partial charge >= 0.3 is 0 Å². The molecule has 0 aliphatic heterocycles. The predicted octanol–water partition coefficient (Wildman–Crippen LogP) is 14.7. The summed E-state index contributed by atoms with van der Waals surface area (Å²) in [5.74, 6) is 0. The molecule has 0 aliphatic rings. The largest absolute Gasteiger partial charge is 0.456 e. The molecule has 0 saturated heterocycles. The number of hydrogen-bond acceptors (Lipinski definition) is 2. The molecule has 0 saturated carbocycles. The van der Waals surface area contributed by atoms with Gasteiger partial charge in [-0.3, -0.25) is 0 Å². The maximum Gasteiger partial charge on any atom is 0.143 e. The fourth-order valence-corrected chi connectivity index (χ4v) is 8.24. The molecule has 254 valence electrons. The molecule has 0 atom stereocenters. The average Bonchev–Trinajstić information content (AvgIpc) is 3.72. The van der Waals surface area contributed by atoms with E-state index in [-0.39, 0.29) is 10.8 Å². The van der Waals surface area contributed by atoms with Gasteiger partial charge in [0.05, 0.1) is 0 Å². The van der Waals surface area contributed by atoms with Crippen LogP contribution in [0.25, 0.3) is 88.4 Å². The topological polar surface area (TPSA) is 26.3 Å². The lowest BCUT2D eigenvalue weighted by atomic mass is 9.77. The third kappa shape index (κ3) is 5.25. The van der Waals surface area contributed by atoms with Gasteiger partial charge in [-0.1, -0.05) is 151 Å². The maximum atomic E-state index is 6.72. The van der Waals surface area contributed by atoms with E-state index >= 15 is 0 Å². The number of para-hydroxylation sites is 1. The summed E-state index contributed by atoms with van der Waals surface area (Å²) >= 11 is 0. The molecular formula is C50H42O2. The molecule has 0 aliphatic carbocycles. The molecule has 9 aromatic rings. The minimum absolute atomic E-state index is 0.00649. The summed E-state index contributed by atoms with van der Waals surface area (Å²) in [6, 6.07) is 52.3. The van der Waals surface area contributed by atoms with Crippen molar-refractivity contribution >= 4 is 43.9 Å². The lowest BCUT2D eigenvalue weighted by Gasteiger charge is -2.27. The molecule has 0 N–H and O–H groups in total. The molecule has 2 nitrogen and oxygen atoms in total. The van der Waals surface area contributed by atoms with Crippen LogP contribution in [-0.2, 0) is 10.8 Å². The Bertz CT molecular complexity index is 2800. The Morgan fingerprint density at radius 1 is 0.365 bits per heavy atom. The van der Waals surface area contributed by atoms with Crippen LogP contribution in [0.3, 0.4) is 0 Å². The van der Waals surface area contributed by atoms with Gasteiger partial charge in [-0.05, 0) is 97.3 Å². The van der Waals surface area contributed by atoms with Crippen molar-refractivity contribution in [3.63, 3.8) is 0 Å². The van der Waals surface area contributed by atoms with Gasteiger partial charge in [-0.25, -0.2) is 0 Å². The van der Waals surface area contributed by atoms with Crippen LogP contribution in [0.1, 0.15) is 52.7 Å². The zero-order valence-electron chi connectivity index (χ0n) is 30.7. The van der Waals surface area contributed by atoms with Crippen LogP contribution in [0, 0.1) is 0 Å². The van der Waals surface area contributed by atoms with Crippen molar-refractivity contribution in [3.05, 3.63) is 157 Å². The predicted molar refractivity (Wildman–Crippen MR) is 220 cm³/mol. The van der Waals surface area contributed by atoms with E-state index < -0.39 is 0 Å². The normalized spacial score (nSPS) is 12.4. The molecule has 0 amide bonds. The zero-order valence-corrected chi connectivity index (χ0v) is 30.7. The SMILES string of the molecule is CC(C)(C)c1ccccc1-c1cccc2oc3cc(-c4cc(-c5cccc(-c6ccccc6)c5C(C)(C)C)c5oc6ccccc6c5c4)ccc3c12. The third-order valence-corrected chi connectivity index (χ3v) is 10.5. The van der Waals surface area contributed by atoms with Crippen LogP contribution in [0.5, 0.6) is 0 Å². The number of benzene rings is 7. The van der Waals surface area contributed by atoms with Gasteiger partial charge in [0.25, 0.3) is 0 Å². The summed E-state index contributed by atoms with van der Waals surface area (Å²) in [7, 11) is 0. The Morgan fingerprint density at radius 3 is 1.85 bits per heavy atom. The summed E-state index contributed by atoms with van der Waals surface area (Å²) in [6.07, 6.45) is 0. The van der Waals surface area contributed by atoms with Gasteiger partial charge in [0.1, 0.15) is 22.3 Å². The highest BCUT2D eigenvalue weighted by atomic mass is 16.3. The molecule has 0 fully saturated rings. The van der Waals surface area contributed by atoms with Crippen molar-refractivity contribution in [2.45, 2.75) is 52.4 Å². The highest BCUT2D eigenvalue weighted by molar-refractivity contribution is 6.15. The molecule has 0 unspecified atom stereocenters. The van der Waals surface area contributed by atoms with Gasteiger partial charge in [0.2, 0.25) is 0 Å². The first kappa shape index (κ1) is 32.1. The molecule has 7 aromatic carbocycles. The molecule has 0 radical (unpaired) electrons. The van der Waals surface area contributed by atoms with Gasteiger partial charge < -0.3 is 8.83 Å². The lowest BCUT2D eigenvalue weighted by molar-refractivity contribution is 0.592. The van der Waals surface area contributed by atoms with E-state index in [1.165, 1.54) is 38.9 Å². The van der Waals surface area contributed by atoms with Crippen LogP contribution in [0.15, 0.2) is 154 Å². The number of furan rings is 2. The van der Waals surface area contributed by atoms with E-state index in [1.54, 1.807) is 0 Å². The monoisotopic (exact) mass is 674 g/mol. The Kier molecular flexibility index (Phi) is 7.31. The first-order valence-corrected chi connectivity index (χ1v) is 18.3. The summed E-state index contributed by atoms with van der Waals surface area (Å²) in [6.45, 7) is 13.8. The van der Waals surface area contributed by atoms with Crippen LogP contribution in [0.2, 0.25) is 0 Å². The van der Waals surface area contributed by atoms with E-state index in [4.69, 9.17) is 8.83 Å². The molecule has 2 heteroatoms. The highest BCUT2D eigenvalue weighted by Gasteiger charge is 2.26.